The molecule has 0 spiro atoms. The van der Waals surface area contributed by atoms with Crippen molar-refractivity contribution in [3.05, 3.63) is 71.3 Å². The highest BCUT2D eigenvalue weighted by atomic mass is 16.2. The molecule has 0 aromatic heterocycles. The van der Waals surface area contributed by atoms with Crippen LogP contribution in [0.2, 0.25) is 0 Å². The quantitative estimate of drug-likeness (QED) is 0.612. The Morgan fingerprint density at radius 3 is 1.94 bits per heavy atom. The van der Waals surface area contributed by atoms with Crippen molar-refractivity contribution in [2.45, 2.75) is 38.6 Å². The van der Waals surface area contributed by atoms with Crippen molar-refractivity contribution in [2.75, 3.05) is 26.2 Å². The molecule has 0 aliphatic carbocycles. The number of benzene rings is 2. The Balaban J connectivity index is 1.54. The second-order valence-corrected chi connectivity index (χ2v) is 8.54. The van der Waals surface area contributed by atoms with Crippen LogP contribution in [0, 0.1) is 0 Å². The van der Waals surface area contributed by atoms with Gasteiger partial charge in [0.25, 0.3) is 11.8 Å². The van der Waals surface area contributed by atoms with E-state index in [1.54, 1.807) is 34.1 Å². The first-order valence-electron chi connectivity index (χ1n) is 11.6. The molecular weight excluding hydrogens is 418 g/mol. The van der Waals surface area contributed by atoms with Crippen LogP contribution in [0.3, 0.4) is 0 Å². The van der Waals surface area contributed by atoms with Gasteiger partial charge < -0.3 is 9.80 Å². The molecule has 4 rings (SSSR count). The van der Waals surface area contributed by atoms with Crippen LogP contribution in [0.5, 0.6) is 0 Å². The third-order valence-corrected chi connectivity index (χ3v) is 6.38. The van der Waals surface area contributed by atoms with Gasteiger partial charge in [0.2, 0.25) is 11.8 Å². The Morgan fingerprint density at radius 2 is 1.36 bits per heavy atom. The summed E-state index contributed by atoms with van der Waals surface area (Å²) in [6, 6.07) is 15.2. The minimum atomic E-state index is -0.929. The van der Waals surface area contributed by atoms with Crippen molar-refractivity contribution in [3.8, 4) is 0 Å². The molecule has 2 heterocycles. The second-order valence-electron chi connectivity index (χ2n) is 8.54. The van der Waals surface area contributed by atoms with E-state index in [1.165, 1.54) is 0 Å². The summed E-state index contributed by atoms with van der Waals surface area (Å²) in [4.78, 5) is 56.9. The summed E-state index contributed by atoms with van der Waals surface area (Å²) in [7, 11) is 0. The van der Waals surface area contributed by atoms with Crippen LogP contribution < -0.4 is 0 Å². The molecule has 1 unspecified atom stereocenters. The van der Waals surface area contributed by atoms with Gasteiger partial charge in [-0.2, -0.15) is 0 Å². The third-order valence-electron chi connectivity index (χ3n) is 6.38. The van der Waals surface area contributed by atoms with E-state index in [1.807, 2.05) is 30.3 Å². The summed E-state index contributed by atoms with van der Waals surface area (Å²) in [5.41, 5.74) is 1.54. The fourth-order valence-electron chi connectivity index (χ4n) is 4.49. The number of hydrogen-bond donors (Lipinski definition) is 0. The van der Waals surface area contributed by atoms with E-state index in [0.717, 1.165) is 23.3 Å². The SMILES string of the molecule is CCCCC(=O)N1CCN(C(=O)C(Cc2ccccc2)N2C(=O)c3ccccc3C2=O)CC1. The molecule has 0 radical (unpaired) electrons. The Labute approximate surface area is 194 Å². The maximum Gasteiger partial charge on any atom is 0.262 e. The largest absolute Gasteiger partial charge is 0.339 e. The van der Waals surface area contributed by atoms with E-state index in [2.05, 4.69) is 6.92 Å². The van der Waals surface area contributed by atoms with Crippen LogP contribution in [-0.4, -0.2) is 70.5 Å². The predicted molar refractivity (Wildman–Crippen MR) is 124 cm³/mol. The number of hydrogen-bond acceptors (Lipinski definition) is 4. The summed E-state index contributed by atoms with van der Waals surface area (Å²) in [5, 5.41) is 0. The average molecular weight is 448 g/mol. The molecular formula is C26H29N3O4. The van der Waals surface area contributed by atoms with Crippen molar-refractivity contribution in [1.29, 1.82) is 0 Å². The van der Waals surface area contributed by atoms with Crippen LogP contribution in [0.15, 0.2) is 54.6 Å². The number of rotatable bonds is 7. The molecule has 1 fully saturated rings. The lowest BCUT2D eigenvalue weighted by Crippen LogP contribution is -2.57. The van der Waals surface area contributed by atoms with Crippen molar-refractivity contribution in [2.24, 2.45) is 0 Å². The van der Waals surface area contributed by atoms with Gasteiger partial charge in [-0.05, 0) is 24.1 Å². The van der Waals surface area contributed by atoms with Crippen molar-refractivity contribution in [3.63, 3.8) is 0 Å². The molecule has 2 aromatic carbocycles. The van der Waals surface area contributed by atoms with E-state index < -0.39 is 17.9 Å². The van der Waals surface area contributed by atoms with Crippen LogP contribution in [0.1, 0.15) is 52.5 Å². The number of piperazine rings is 1. The van der Waals surface area contributed by atoms with Crippen molar-refractivity contribution >= 4 is 23.6 Å². The molecule has 2 aromatic rings. The average Bonchev–Trinajstić information content (AvgIpc) is 3.11. The minimum Gasteiger partial charge on any atom is -0.339 e. The third kappa shape index (κ3) is 4.67. The highest BCUT2D eigenvalue weighted by Crippen LogP contribution is 2.27. The summed E-state index contributed by atoms with van der Waals surface area (Å²) >= 11 is 0. The smallest absolute Gasteiger partial charge is 0.262 e. The highest BCUT2D eigenvalue weighted by molar-refractivity contribution is 6.22. The molecule has 33 heavy (non-hydrogen) atoms. The van der Waals surface area contributed by atoms with Crippen LogP contribution >= 0.6 is 0 Å². The van der Waals surface area contributed by atoms with E-state index >= 15 is 0 Å². The summed E-state index contributed by atoms with van der Waals surface area (Å²) in [6.07, 6.45) is 2.60. The Bertz CT molecular complexity index is 1010. The fourth-order valence-corrected chi connectivity index (χ4v) is 4.49. The van der Waals surface area contributed by atoms with Gasteiger partial charge >= 0.3 is 0 Å². The maximum absolute atomic E-state index is 13.7. The van der Waals surface area contributed by atoms with Gasteiger partial charge in [0, 0.05) is 39.0 Å². The molecule has 7 heteroatoms. The molecule has 1 atom stereocenters. The first-order valence-corrected chi connectivity index (χ1v) is 11.6. The van der Waals surface area contributed by atoms with Gasteiger partial charge in [0.1, 0.15) is 6.04 Å². The lowest BCUT2D eigenvalue weighted by atomic mass is 10.0. The summed E-state index contributed by atoms with van der Waals surface area (Å²) in [5.74, 6) is -1.00. The van der Waals surface area contributed by atoms with Gasteiger partial charge in [-0.25, -0.2) is 0 Å². The molecule has 172 valence electrons. The molecule has 0 saturated carbocycles. The number of fused-ring (bicyclic) bond motifs is 1. The molecule has 2 aliphatic heterocycles. The van der Waals surface area contributed by atoms with Gasteiger partial charge in [0.15, 0.2) is 0 Å². The molecule has 4 amide bonds. The topological polar surface area (TPSA) is 78.0 Å². The second kappa shape index (κ2) is 9.98. The maximum atomic E-state index is 13.7. The lowest BCUT2D eigenvalue weighted by Gasteiger charge is -2.38. The molecule has 2 aliphatic rings. The summed E-state index contributed by atoms with van der Waals surface area (Å²) < 4.78 is 0. The van der Waals surface area contributed by atoms with Gasteiger partial charge in [-0.1, -0.05) is 55.8 Å². The van der Waals surface area contributed by atoms with E-state index in [0.29, 0.717) is 43.7 Å². The standard InChI is InChI=1S/C26H29N3O4/c1-2-3-13-23(30)27-14-16-28(17-15-27)26(33)22(18-19-9-5-4-6-10-19)29-24(31)20-11-7-8-12-21(20)25(29)32/h4-12,22H,2-3,13-18H2,1H3. The predicted octanol–water partition coefficient (Wildman–Crippen LogP) is 2.75. The number of unbranched alkanes of at least 4 members (excludes halogenated alkanes) is 1. The first-order chi connectivity index (χ1) is 16.0. The minimum absolute atomic E-state index is 0.116. The normalized spacial score (nSPS) is 16.7. The number of nitrogens with zero attached hydrogens (tertiary/aromatic N) is 3. The molecule has 1 saturated heterocycles. The zero-order valence-corrected chi connectivity index (χ0v) is 18.9. The van der Waals surface area contributed by atoms with Gasteiger partial charge in [0.05, 0.1) is 11.1 Å². The van der Waals surface area contributed by atoms with Crippen molar-refractivity contribution in [1.82, 2.24) is 14.7 Å². The van der Waals surface area contributed by atoms with E-state index in [9.17, 15) is 19.2 Å². The van der Waals surface area contributed by atoms with Crippen LogP contribution in [0.4, 0.5) is 0 Å². The fraction of sp³-hybridized carbons (Fsp3) is 0.385. The monoisotopic (exact) mass is 447 g/mol. The summed E-state index contributed by atoms with van der Waals surface area (Å²) in [6.45, 7) is 3.77. The first kappa shape index (κ1) is 22.7. The van der Waals surface area contributed by atoms with Crippen molar-refractivity contribution < 1.29 is 19.2 Å². The van der Waals surface area contributed by atoms with Crippen LogP contribution in [-0.2, 0) is 16.0 Å². The van der Waals surface area contributed by atoms with E-state index in [4.69, 9.17) is 0 Å². The Morgan fingerprint density at radius 1 is 0.818 bits per heavy atom. The highest BCUT2D eigenvalue weighted by Gasteiger charge is 2.44. The number of carbonyl (C=O) groups is 4. The van der Waals surface area contributed by atoms with Crippen LogP contribution in [0.25, 0.3) is 0 Å². The number of amides is 4. The molecule has 0 bridgehead atoms. The molecule has 7 nitrogen and oxygen atoms in total. The Hall–Kier alpha value is -3.48. The van der Waals surface area contributed by atoms with Gasteiger partial charge in [-0.15, -0.1) is 0 Å². The lowest BCUT2D eigenvalue weighted by molar-refractivity contribution is -0.142. The molecule has 0 N–H and O–H groups in total. The van der Waals surface area contributed by atoms with E-state index in [-0.39, 0.29) is 18.2 Å². The zero-order valence-electron chi connectivity index (χ0n) is 18.9. The zero-order chi connectivity index (χ0) is 23.4. The Kier molecular flexibility index (Phi) is 6.87. The number of carbonyl (C=O) groups excluding carboxylic acids is 4. The van der Waals surface area contributed by atoms with Gasteiger partial charge in [-0.3, -0.25) is 24.1 Å². The number of imide groups is 1.